The van der Waals surface area contributed by atoms with E-state index in [1.807, 2.05) is 36.4 Å². The Morgan fingerprint density at radius 2 is 1.22 bits per heavy atom. The first-order valence-electron chi connectivity index (χ1n) is 17.0. The molecule has 10 rings (SSSR count). The smallest absolute Gasteiger partial charge is 0.331 e. The zero-order valence-electron chi connectivity index (χ0n) is 27.4. The van der Waals surface area contributed by atoms with Gasteiger partial charge in [-0.25, -0.2) is 4.79 Å². The number of ether oxygens (including phenoxy) is 1. The zero-order valence-corrected chi connectivity index (χ0v) is 27.4. The van der Waals surface area contributed by atoms with Crippen LogP contribution in [0.2, 0.25) is 0 Å². The molecule has 6 bridgehead atoms. The van der Waals surface area contributed by atoms with Gasteiger partial charge in [0.05, 0.1) is 0 Å². The van der Waals surface area contributed by atoms with Crippen molar-refractivity contribution in [1.29, 1.82) is 0 Å². The predicted molar refractivity (Wildman–Crippen MR) is 168 cm³/mol. The average molecular weight is 557 g/mol. The molecule has 0 spiro atoms. The molecule has 9 fully saturated rings. The van der Waals surface area contributed by atoms with E-state index in [2.05, 4.69) is 62.3 Å². The molecule has 0 aliphatic heterocycles. The molecule has 2 nitrogen and oxygen atoms in total. The molecular weight excluding hydrogens is 500 g/mol. The molecule has 0 N–H and O–H groups in total. The van der Waals surface area contributed by atoms with Gasteiger partial charge in [0.2, 0.25) is 0 Å². The van der Waals surface area contributed by atoms with Gasteiger partial charge in [0, 0.05) is 11.5 Å². The number of hydrogen-bond donors (Lipinski definition) is 0. The highest BCUT2D eigenvalue weighted by molar-refractivity contribution is 5.87. The molecule has 0 radical (unpaired) electrons. The van der Waals surface area contributed by atoms with Crippen molar-refractivity contribution in [3.05, 3.63) is 42.0 Å². The maximum absolute atomic E-state index is 13.5. The Labute approximate surface area is 250 Å². The van der Waals surface area contributed by atoms with Crippen molar-refractivity contribution in [2.45, 2.75) is 113 Å². The molecule has 0 amide bonds. The second kappa shape index (κ2) is 8.53. The molecular formula is C39H56O2. The summed E-state index contributed by atoms with van der Waals surface area (Å²) in [5, 5.41) is 0. The molecule has 9 aliphatic carbocycles. The number of carbonyl (C=O) groups is 1. The van der Waals surface area contributed by atoms with E-state index in [9.17, 15) is 4.79 Å². The van der Waals surface area contributed by atoms with Crippen LogP contribution in [-0.2, 0) is 9.53 Å². The summed E-state index contributed by atoms with van der Waals surface area (Å²) in [5.74, 6) is 5.06. The van der Waals surface area contributed by atoms with Crippen molar-refractivity contribution >= 4 is 12.0 Å². The Morgan fingerprint density at radius 1 is 0.683 bits per heavy atom. The van der Waals surface area contributed by atoms with Crippen molar-refractivity contribution in [2.24, 2.45) is 73.9 Å². The minimum absolute atomic E-state index is 0.0120. The highest BCUT2D eigenvalue weighted by Crippen LogP contribution is 2.83. The van der Waals surface area contributed by atoms with E-state index in [1.165, 1.54) is 38.5 Å². The first-order valence-corrected chi connectivity index (χ1v) is 17.0. The summed E-state index contributed by atoms with van der Waals surface area (Å²) in [4.78, 5) is 13.5. The van der Waals surface area contributed by atoms with Crippen LogP contribution < -0.4 is 0 Å². The number of carbonyl (C=O) groups excluding carboxylic acids is 1. The van der Waals surface area contributed by atoms with Gasteiger partial charge in [-0.05, 0) is 125 Å². The van der Waals surface area contributed by atoms with E-state index in [1.54, 1.807) is 6.08 Å². The van der Waals surface area contributed by atoms with Gasteiger partial charge in [-0.3, -0.25) is 0 Å². The first-order chi connectivity index (χ1) is 19.1. The Bertz CT molecular complexity index is 1250. The maximum atomic E-state index is 13.5. The van der Waals surface area contributed by atoms with Crippen LogP contribution in [0.25, 0.3) is 6.08 Å². The molecule has 9 aliphatic rings. The van der Waals surface area contributed by atoms with Crippen LogP contribution in [0.15, 0.2) is 36.4 Å². The van der Waals surface area contributed by atoms with Gasteiger partial charge < -0.3 is 4.74 Å². The van der Waals surface area contributed by atoms with E-state index < -0.39 is 0 Å². The third-order valence-electron chi connectivity index (χ3n) is 16.5. The molecule has 1 aromatic rings. The lowest BCUT2D eigenvalue weighted by Gasteiger charge is -2.81. The minimum atomic E-state index is -0.155. The summed E-state index contributed by atoms with van der Waals surface area (Å²) >= 11 is 0. The molecule has 41 heavy (non-hydrogen) atoms. The third kappa shape index (κ3) is 3.40. The van der Waals surface area contributed by atoms with Crippen molar-refractivity contribution in [1.82, 2.24) is 0 Å². The predicted octanol–water partition coefficient (Wildman–Crippen LogP) is 9.83. The lowest BCUT2D eigenvalue weighted by atomic mass is 9.23. The van der Waals surface area contributed by atoms with Crippen LogP contribution >= 0.6 is 0 Å². The lowest BCUT2D eigenvalue weighted by Crippen LogP contribution is -2.77. The minimum Gasteiger partial charge on any atom is -0.459 e. The highest BCUT2D eigenvalue weighted by atomic mass is 16.5. The third-order valence-corrected chi connectivity index (χ3v) is 16.5. The summed E-state index contributed by atoms with van der Waals surface area (Å²) in [5.41, 5.74) is 2.66. The molecule has 1 aromatic carbocycles. The summed E-state index contributed by atoms with van der Waals surface area (Å²) in [6.07, 6.45) is 12.9. The largest absolute Gasteiger partial charge is 0.459 e. The molecule has 2 heteroatoms. The Kier molecular flexibility index (Phi) is 5.87. The normalized spacial score (nSPS) is 49.8. The summed E-state index contributed by atoms with van der Waals surface area (Å²) in [6, 6.07) is 10.2. The van der Waals surface area contributed by atoms with E-state index in [0.29, 0.717) is 45.3 Å². The first kappa shape index (κ1) is 28.2. The van der Waals surface area contributed by atoms with Gasteiger partial charge in [-0.15, -0.1) is 0 Å². The molecule has 0 aromatic heterocycles. The van der Waals surface area contributed by atoms with Gasteiger partial charge in [-0.2, -0.15) is 0 Å². The van der Waals surface area contributed by atoms with Gasteiger partial charge in [0.25, 0.3) is 0 Å². The Balaban J connectivity index is 1.30. The average Bonchev–Trinajstić information content (AvgIpc) is 2.92. The van der Waals surface area contributed by atoms with Crippen LogP contribution in [-0.4, -0.2) is 12.1 Å². The fourth-order valence-electron chi connectivity index (χ4n) is 13.6. The van der Waals surface area contributed by atoms with Gasteiger partial charge in [-0.1, -0.05) is 92.6 Å². The second-order valence-corrected chi connectivity index (χ2v) is 18.2. The molecule has 0 saturated heterocycles. The number of rotatable bonds is 5. The molecule has 11 atom stereocenters. The van der Waals surface area contributed by atoms with Gasteiger partial charge in [0.15, 0.2) is 0 Å². The monoisotopic (exact) mass is 556 g/mol. The highest BCUT2D eigenvalue weighted by Gasteiger charge is 2.79. The van der Waals surface area contributed by atoms with Crippen LogP contribution in [0.4, 0.5) is 0 Å². The summed E-state index contributed by atoms with van der Waals surface area (Å²) in [6.45, 7) is 23.5. The number of benzene rings is 1. The van der Waals surface area contributed by atoms with E-state index in [4.69, 9.17) is 4.74 Å². The standard InChI is InChI=1S/C39H56O2/c1-34(2)25-17-18-37(7,28(34)19-25)31-22-26-20-29(35(26,3)4)38(31,8)39(9)30-21-27(36(30,5)6)23-32(39)41-33(40)16-15-24-13-11-10-12-14-24/h10-16,25-32H,17-23H2,1-9H3/b16-15+. The number of hydrogen-bond acceptors (Lipinski definition) is 2. The Morgan fingerprint density at radius 3 is 1.80 bits per heavy atom. The van der Waals surface area contributed by atoms with Gasteiger partial charge >= 0.3 is 5.97 Å². The van der Waals surface area contributed by atoms with Crippen LogP contribution in [0, 0.1) is 73.9 Å². The molecule has 9 saturated carbocycles. The molecule has 11 unspecified atom stereocenters. The maximum Gasteiger partial charge on any atom is 0.331 e. The van der Waals surface area contributed by atoms with Crippen molar-refractivity contribution < 1.29 is 9.53 Å². The van der Waals surface area contributed by atoms with Crippen LogP contribution in [0.5, 0.6) is 0 Å². The molecule has 224 valence electrons. The zero-order chi connectivity index (χ0) is 29.4. The SMILES string of the molecule is CC1(C)C2CCC(C)(C3CC4CC(C4(C)C)C3(C)C3(C)C(OC(=O)/C=C/c4ccccc4)CC4CC3C4(C)C)C1C2. The topological polar surface area (TPSA) is 26.3 Å². The quantitative estimate of drug-likeness (QED) is 0.266. The van der Waals surface area contributed by atoms with E-state index in [0.717, 1.165) is 29.7 Å². The van der Waals surface area contributed by atoms with Crippen LogP contribution in [0.1, 0.15) is 113 Å². The van der Waals surface area contributed by atoms with Crippen molar-refractivity contribution in [3.8, 4) is 0 Å². The number of esters is 1. The van der Waals surface area contributed by atoms with Crippen LogP contribution in [0.3, 0.4) is 0 Å². The second-order valence-electron chi connectivity index (χ2n) is 18.2. The fraction of sp³-hybridized carbons (Fsp3) is 0.769. The van der Waals surface area contributed by atoms with Crippen molar-refractivity contribution in [2.75, 3.05) is 0 Å². The Hall–Kier alpha value is -1.57. The lowest BCUT2D eigenvalue weighted by molar-refractivity contribution is -0.345. The van der Waals surface area contributed by atoms with Gasteiger partial charge in [0.1, 0.15) is 6.10 Å². The number of fused-ring (bicyclic) bond motifs is 8. The fourth-order valence-corrected chi connectivity index (χ4v) is 13.6. The van der Waals surface area contributed by atoms with E-state index >= 15 is 0 Å². The molecule has 0 heterocycles. The van der Waals surface area contributed by atoms with E-state index in [-0.39, 0.29) is 22.9 Å². The van der Waals surface area contributed by atoms with Crippen molar-refractivity contribution in [3.63, 3.8) is 0 Å². The summed E-state index contributed by atoms with van der Waals surface area (Å²) in [7, 11) is 0. The summed E-state index contributed by atoms with van der Waals surface area (Å²) < 4.78 is 6.70.